The van der Waals surface area contributed by atoms with E-state index in [-0.39, 0.29) is 5.41 Å². The first kappa shape index (κ1) is 72.7. The predicted molar refractivity (Wildman–Crippen MR) is 477 cm³/mol. The molecule has 0 unspecified atom stereocenters. The van der Waals surface area contributed by atoms with Crippen molar-refractivity contribution in [3.63, 3.8) is 0 Å². The highest BCUT2D eigenvalue weighted by Crippen LogP contribution is 2.45. The minimum absolute atomic E-state index is 0.0271. The summed E-state index contributed by atoms with van der Waals surface area (Å²) in [5, 5.41) is 8.50. The van der Waals surface area contributed by atoms with Gasteiger partial charge in [-0.2, -0.15) is 0 Å². The third-order valence-corrected chi connectivity index (χ3v) is 25.3. The van der Waals surface area contributed by atoms with Crippen molar-refractivity contribution in [3.05, 3.63) is 238 Å². The summed E-state index contributed by atoms with van der Waals surface area (Å²) in [7, 11) is 8.29. The van der Waals surface area contributed by atoms with Crippen molar-refractivity contribution in [1.29, 1.82) is 0 Å². The van der Waals surface area contributed by atoms with E-state index in [1.807, 2.05) is 26.0 Å². The zero-order valence-electron chi connectivity index (χ0n) is 76.7. The van der Waals surface area contributed by atoms with Gasteiger partial charge in [-0.1, -0.05) is 155 Å². The van der Waals surface area contributed by atoms with Crippen LogP contribution in [0.15, 0.2) is 188 Å². The molecule has 12 heteroatoms. The van der Waals surface area contributed by atoms with Crippen LogP contribution in [-0.4, -0.2) is 19.9 Å². The maximum atomic E-state index is 8.87. The number of rotatable bonds is 12. The van der Waals surface area contributed by atoms with Gasteiger partial charge in [-0.15, -0.1) is 0 Å². The highest BCUT2D eigenvalue weighted by atomic mass is 16.4. The van der Waals surface area contributed by atoms with Crippen LogP contribution in [0.3, 0.4) is 0 Å². The van der Waals surface area contributed by atoms with Crippen LogP contribution < -0.4 is 18.3 Å². The molecule has 12 nitrogen and oxygen atoms in total. The Morgan fingerprint density at radius 3 is 0.940 bits per heavy atom. The van der Waals surface area contributed by atoms with E-state index in [0.717, 1.165) is 277 Å². The Labute approximate surface area is 697 Å². The Morgan fingerprint density at radius 1 is 0.359 bits per heavy atom. The molecule has 0 radical (unpaired) electrons. The first-order valence-corrected chi connectivity index (χ1v) is 43.0. The van der Waals surface area contributed by atoms with E-state index >= 15 is 0 Å². The van der Waals surface area contributed by atoms with Crippen LogP contribution in [0.2, 0.25) is 0 Å². The number of benzene rings is 4. The second kappa shape index (κ2) is 32.6. The second-order valence-corrected chi connectivity index (χ2v) is 35.5. The number of hydrogen-bond acceptors (Lipinski definition) is 8. The van der Waals surface area contributed by atoms with Gasteiger partial charge in [0.2, 0.25) is 45.6 Å². The molecule has 12 aromatic heterocycles. The van der Waals surface area contributed by atoms with Gasteiger partial charge in [0, 0.05) is 125 Å². The third kappa shape index (κ3) is 15.5. The van der Waals surface area contributed by atoms with Crippen molar-refractivity contribution in [1.82, 2.24) is 19.9 Å². The first-order chi connectivity index (χ1) is 58.2. The summed E-state index contributed by atoms with van der Waals surface area (Å²) in [4.78, 5) is 19.0. The third-order valence-electron chi connectivity index (χ3n) is 25.3. The van der Waals surface area contributed by atoms with Gasteiger partial charge in [-0.3, -0.25) is 0 Å². The number of aryl methyl sites for hydroxylation is 9. The normalized spacial score (nSPS) is 17.0. The number of hydrogen-bond donors (Lipinski definition) is 0. The first-order valence-electron chi connectivity index (χ1n) is 45.5. The molecule has 0 amide bonds. The molecule has 0 atom stereocenters. The van der Waals surface area contributed by atoms with Crippen molar-refractivity contribution in [2.75, 3.05) is 0 Å². The fourth-order valence-corrected chi connectivity index (χ4v) is 18.7. The zero-order valence-corrected chi connectivity index (χ0v) is 71.7. The molecule has 4 saturated carbocycles. The van der Waals surface area contributed by atoms with E-state index < -0.39 is 29.5 Å². The Hall–Kier alpha value is -10.7. The summed E-state index contributed by atoms with van der Waals surface area (Å²) in [5.74, 6) is -1.99. The minimum atomic E-state index is -0.777. The van der Waals surface area contributed by atoms with Gasteiger partial charge in [-0.25, -0.2) is 38.2 Å². The molecular formula is C105H118N8O4+4. The summed E-state index contributed by atoms with van der Waals surface area (Å²) >= 11 is 0. The van der Waals surface area contributed by atoms with E-state index in [1.165, 1.54) is 16.7 Å². The largest absolute Gasteiger partial charge is 0.437 e. The Balaban J connectivity index is 0.000000116. The number of nitrogens with zero attached hydrogens (tertiary/aromatic N) is 8. The molecule has 117 heavy (non-hydrogen) atoms. The predicted octanol–water partition coefficient (Wildman–Crippen LogP) is 25.9. The molecule has 0 spiro atoms. The lowest BCUT2D eigenvalue weighted by Gasteiger charge is -2.16. The summed E-state index contributed by atoms with van der Waals surface area (Å²) in [6.07, 6.45) is 27.2. The Morgan fingerprint density at radius 2 is 0.641 bits per heavy atom. The van der Waals surface area contributed by atoms with E-state index in [0.29, 0.717) is 28.8 Å². The van der Waals surface area contributed by atoms with Crippen molar-refractivity contribution in [2.45, 2.75) is 234 Å². The van der Waals surface area contributed by atoms with Crippen molar-refractivity contribution >= 4 is 88.3 Å². The van der Waals surface area contributed by atoms with Gasteiger partial charge >= 0.3 is 0 Å². The number of furan rings is 4. The molecule has 16 aromatic rings. The average molecular weight is 1560 g/mol. The van der Waals surface area contributed by atoms with Gasteiger partial charge in [0.1, 0.15) is 28.2 Å². The van der Waals surface area contributed by atoms with Crippen LogP contribution in [0, 0.1) is 33.6 Å². The van der Waals surface area contributed by atoms with Gasteiger partial charge in [0.15, 0.2) is 47.1 Å². The number of aromatic nitrogens is 8. The van der Waals surface area contributed by atoms with Crippen LogP contribution in [0.1, 0.15) is 262 Å². The SMILES string of the molecule is [2H]C(C)(C)c1ccc2c(n1)oc1c(-c3ccc(C4([2H])CCCC4)c[n+]3C)c(C)ccc12.[2H]C1(c2ccc(-c3c(C)ccc4c3oc3nc(C(C)(C)C)ccc34)[n+](C)c2)CCCC1.[2H]C1(c2ccc(-c3c(C)ccc4c3oc3nc(CC(C)C)ccc34)[n+](C)c2)CCCC1.[2H]C1(c2ccc(-c3c(C)ccc4c3oc3nc(CC)ccc34)[n+](C)c2)CCCC1. The molecule has 4 aliphatic rings. The number of pyridine rings is 8. The lowest BCUT2D eigenvalue weighted by Crippen LogP contribution is -2.31. The second-order valence-electron chi connectivity index (χ2n) is 35.5. The Bertz CT molecular complexity index is 6540. The van der Waals surface area contributed by atoms with Crippen molar-refractivity contribution in [2.24, 2.45) is 34.1 Å². The monoisotopic (exact) mass is 1560 g/mol. The lowest BCUT2D eigenvalue weighted by atomic mass is 9.91. The topological polar surface area (TPSA) is 120 Å². The zero-order chi connectivity index (χ0) is 85.9. The molecule has 0 bridgehead atoms. The molecule has 0 N–H and O–H groups in total. The van der Waals surface area contributed by atoms with Gasteiger partial charge < -0.3 is 17.7 Å². The van der Waals surface area contributed by atoms with Gasteiger partial charge in [0.25, 0.3) is 0 Å². The molecule has 12 heterocycles. The van der Waals surface area contributed by atoms with Crippen LogP contribution in [0.5, 0.6) is 0 Å². The molecule has 4 aromatic carbocycles. The Kier molecular flexibility index (Phi) is 20.3. The van der Waals surface area contributed by atoms with Crippen molar-refractivity contribution in [3.8, 4) is 45.0 Å². The molecule has 4 fully saturated rings. The van der Waals surface area contributed by atoms with Crippen LogP contribution in [0.25, 0.3) is 133 Å². The molecule has 0 saturated heterocycles. The summed E-state index contributed by atoms with van der Waals surface area (Å²) in [6, 6.07) is 51.0. The number of fused-ring (bicyclic) bond motifs is 12. The summed E-state index contributed by atoms with van der Waals surface area (Å²) < 4.78 is 77.7. The average Bonchev–Trinajstić information content (AvgIpc) is 1.57. The maximum absolute atomic E-state index is 8.87. The fraction of sp³-hybridized carbons (Fsp3) is 0.390. The summed E-state index contributed by atoms with van der Waals surface area (Å²) in [5.41, 5.74) is 27.9. The van der Waals surface area contributed by atoms with Crippen LogP contribution >= 0.6 is 0 Å². The molecule has 0 aliphatic heterocycles. The highest BCUT2D eigenvalue weighted by Gasteiger charge is 2.31. The van der Waals surface area contributed by atoms with Gasteiger partial charge in [-0.05, 0) is 222 Å². The maximum Gasteiger partial charge on any atom is 0.227 e. The standard InChI is InChI=1S/2C27H31N2O.C26H29N2O.C25H27N2O/c1-17-10-12-20-21-13-15-23(27(2,3)4)28-26(21)30-25(20)24(17)22-14-11-19(16-29(22)5)18-8-6-7-9-18;1-17(2)15-21-11-13-23-22-12-9-18(3)25(26(22)30-27(23)28-21)24-14-10-20(16-29(24)4)19-7-5-6-8-19;1-16(2)22-13-12-21-20-11-9-17(3)24(25(20)29-26(21)27-22)23-14-10-19(15-28(23)4)18-7-5-6-8-18;1-4-19-11-13-21-20-12-9-16(2)23(24(20)28-25(21)26-19)22-14-10-18(15-27(22)3)17-7-5-6-8-17/h10-16,18H,6-9H2,1-5H3;9-14,16-17,19H,5-8,15H2,1-4H3;9-16,18H,5-8H2,1-4H3;9-15,17H,4-8H2,1-3H3/q4*+1/i18D;19D;16D,18D;17D. The smallest absolute Gasteiger partial charge is 0.227 e. The van der Waals surface area contributed by atoms with E-state index in [4.69, 9.17) is 39.5 Å². The molecule has 20 rings (SSSR count). The van der Waals surface area contributed by atoms with Crippen LogP contribution in [0.4, 0.5) is 0 Å². The summed E-state index contributed by atoms with van der Waals surface area (Å²) in [6.45, 7) is 25.2. The van der Waals surface area contributed by atoms with E-state index in [9.17, 15) is 0 Å². The molecular weight excluding hydrogens is 1440 g/mol. The molecule has 4 aliphatic carbocycles. The van der Waals surface area contributed by atoms with E-state index in [2.05, 4.69) is 279 Å². The fourth-order valence-electron chi connectivity index (χ4n) is 18.7. The van der Waals surface area contributed by atoms with Crippen molar-refractivity contribution < 1.29 is 42.8 Å². The minimum Gasteiger partial charge on any atom is -0.437 e. The van der Waals surface area contributed by atoms with E-state index in [1.54, 1.807) is 0 Å². The highest BCUT2D eigenvalue weighted by molar-refractivity contribution is 6.12. The quantitative estimate of drug-likeness (QED) is 0.111. The van der Waals surface area contributed by atoms with Gasteiger partial charge in [0.05, 0.1) is 22.3 Å². The lowest BCUT2D eigenvalue weighted by molar-refractivity contribution is -0.661. The molecule has 598 valence electrons. The van der Waals surface area contributed by atoms with Crippen LogP contribution in [-0.2, 0) is 46.4 Å².